The van der Waals surface area contributed by atoms with Crippen molar-refractivity contribution in [2.24, 2.45) is 0 Å². The predicted molar refractivity (Wildman–Crippen MR) is 141 cm³/mol. The third-order valence-corrected chi connectivity index (χ3v) is 5.95. The summed E-state index contributed by atoms with van der Waals surface area (Å²) in [6, 6.07) is 25.4. The minimum Gasteiger partial charge on any atom is -0.503 e. The lowest BCUT2D eigenvalue weighted by molar-refractivity contribution is -0.129. The molecule has 0 saturated heterocycles. The summed E-state index contributed by atoms with van der Waals surface area (Å²) in [6.07, 6.45) is 3.80. The number of para-hydroxylation sites is 1. The molecule has 0 spiro atoms. The van der Waals surface area contributed by atoms with Crippen molar-refractivity contribution in [3.63, 3.8) is 0 Å². The highest BCUT2D eigenvalue weighted by atomic mass is 16.5. The van der Waals surface area contributed by atoms with Crippen LogP contribution < -0.4 is 4.74 Å². The van der Waals surface area contributed by atoms with Gasteiger partial charge in [-0.3, -0.25) is 9.59 Å². The number of benzene rings is 3. The normalized spacial score (nSPS) is 15.8. The van der Waals surface area contributed by atoms with Crippen molar-refractivity contribution in [2.45, 2.75) is 12.5 Å². The molecule has 1 aliphatic heterocycles. The number of carbonyl (C=O) groups is 2. The van der Waals surface area contributed by atoms with Crippen LogP contribution in [0, 0.1) is 0 Å². The van der Waals surface area contributed by atoms with Crippen LogP contribution in [0.5, 0.6) is 11.5 Å². The van der Waals surface area contributed by atoms with Gasteiger partial charge in [-0.05, 0) is 68.5 Å². The first-order chi connectivity index (χ1) is 17.4. The van der Waals surface area contributed by atoms with Crippen LogP contribution in [0.3, 0.4) is 0 Å². The summed E-state index contributed by atoms with van der Waals surface area (Å²) in [4.78, 5) is 30.1. The Morgan fingerprint density at radius 2 is 1.64 bits per heavy atom. The molecule has 36 heavy (non-hydrogen) atoms. The molecular formula is C30H30N2O4. The molecular weight excluding hydrogens is 452 g/mol. The second-order valence-electron chi connectivity index (χ2n) is 8.92. The average molecular weight is 483 g/mol. The monoisotopic (exact) mass is 482 g/mol. The van der Waals surface area contributed by atoms with Crippen molar-refractivity contribution in [1.29, 1.82) is 0 Å². The van der Waals surface area contributed by atoms with Crippen LogP contribution in [0.15, 0.2) is 102 Å². The van der Waals surface area contributed by atoms with E-state index in [0.717, 1.165) is 12.1 Å². The molecule has 1 heterocycles. The number of carbonyl (C=O) groups excluding carboxylic acids is 2. The van der Waals surface area contributed by atoms with Crippen LogP contribution in [0.25, 0.3) is 6.08 Å². The van der Waals surface area contributed by atoms with E-state index in [0.29, 0.717) is 30.0 Å². The largest absolute Gasteiger partial charge is 0.503 e. The Labute approximate surface area is 211 Å². The maximum absolute atomic E-state index is 13.3. The zero-order valence-electron chi connectivity index (χ0n) is 20.5. The molecule has 1 amide bonds. The van der Waals surface area contributed by atoms with E-state index in [9.17, 15) is 14.7 Å². The van der Waals surface area contributed by atoms with Crippen molar-refractivity contribution in [3.8, 4) is 11.5 Å². The molecule has 1 unspecified atom stereocenters. The van der Waals surface area contributed by atoms with Crippen LogP contribution in [0.4, 0.5) is 0 Å². The molecule has 4 rings (SSSR count). The molecule has 1 N–H and O–H groups in total. The van der Waals surface area contributed by atoms with Gasteiger partial charge in [0.25, 0.3) is 5.91 Å². The number of nitrogens with zero attached hydrogens (tertiary/aromatic N) is 2. The van der Waals surface area contributed by atoms with E-state index < -0.39 is 23.5 Å². The summed E-state index contributed by atoms with van der Waals surface area (Å²) in [6.45, 7) is 1.17. The molecule has 1 atom stereocenters. The molecule has 0 saturated carbocycles. The van der Waals surface area contributed by atoms with E-state index in [1.807, 2.05) is 104 Å². The molecule has 1 aliphatic rings. The molecule has 3 aromatic rings. The van der Waals surface area contributed by atoms with E-state index in [1.54, 1.807) is 11.0 Å². The number of hydrogen-bond donors (Lipinski definition) is 1. The number of amides is 1. The molecule has 0 radical (unpaired) electrons. The first-order valence-electron chi connectivity index (χ1n) is 11.9. The van der Waals surface area contributed by atoms with Gasteiger partial charge < -0.3 is 19.6 Å². The number of ketones is 1. The summed E-state index contributed by atoms with van der Waals surface area (Å²) in [7, 11) is 3.93. The number of rotatable bonds is 10. The molecule has 6 heteroatoms. The number of aliphatic hydroxyl groups is 1. The maximum Gasteiger partial charge on any atom is 0.290 e. The molecule has 0 bridgehead atoms. The van der Waals surface area contributed by atoms with E-state index >= 15 is 0 Å². The molecule has 0 aromatic heterocycles. The third kappa shape index (κ3) is 5.90. The summed E-state index contributed by atoms with van der Waals surface area (Å²) >= 11 is 0. The van der Waals surface area contributed by atoms with Gasteiger partial charge in [0.15, 0.2) is 11.5 Å². The van der Waals surface area contributed by atoms with E-state index in [4.69, 9.17) is 4.74 Å². The highest BCUT2D eigenvalue weighted by Gasteiger charge is 2.42. The highest BCUT2D eigenvalue weighted by Crippen LogP contribution is 2.39. The number of hydrogen-bond acceptors (Lipinski definition) is 5. The Hall–Kier alpha value is -4.16. The summed E-state index contributed by atoms with van der Waals surface area (Å²) < 4.78 is 5.99. The van der Waals surface area contributed by atoms with Gasteiger partial charge >= 0.3 is 0 Å². The fraction of sp³-hybridized carbons (Fsp3) is 0.200. The highest BCUT2D eigenvalue weighted by molar-refractivity contribution is 6.14. The van der Waals surface area contributed by atoms with Crippen molar-refractivity contribution in [2.75, 3.05) is 27.2 Å². The first kappa shape index (κ1) is 24.9. The average Bonchev–Trinajstić information content (AvgIpc) is 3.14. The van der Waals surface area contributed by atoms with Crippen molar-refractivity contribution in [3.05, 3.63) is 113 Å². The van der Waals surface area contributed by atoms with E-state index in [1.165, 1.54) is 6.08 Å². The minimum atomic E-state index is -0.716. The number of allylic oxidation sites excluding steroid dienone is 1. The summed E-state index contributed by atoms with van der Waals surface area (Å²) in [5, 5.41) is 10.8. The smallest absolute Gasteiger partial charge is 0.290 e. The Balaban J connectivity index is 1.67. The van der Waals surface area contributed by atoms with Crippen LogP contribution in [0.1, 0.15) is 23.6 Å². The Bertz CT molecular complexity index is 1270. The topological polar surface area (TPSA) is 70.1 Å². The molecule has 0 fully saturated rings. The standard InChI is InChI=1S/C30H30N2O4/c1-31(2)19-10-20-32-28(23-13-9-16-25(21-23)36-24-14-7-4-8-15-24)27(29(34)30(32)35)26(33)18-17-22-11-5-3-6-12-22/h3-9,11-18,21,28,34H,10,19-20H2,1-2H3. The van der Waals surface area contributed by atoms with Gasteiger partial charge in [-0.25, -0.2) is 0 Å². The Morgan fingerprint density at radius 3 is 2.33 bits per heavy atom. The molecule has 6 nitrogen and oxygen atoms in total. The summed E-state index contributed by atoms with van der Waals surface area (Å²) in [5.41, 5.74) is 1.63. The van der Waals surface area contributed by atoms with Crippen molar-refractivity contribution < 1.29 is 19.4 Å². The van der Waals surface area contributed by atoms with Crippen molar-refractivity contribution >= 4 is 17.8 Å². The van der Waals surface area contributed by atoms with Crippen LogP contribution in [0.2, 0.25) is 0 Å². The van der Waals surface area contributed by atoms with Gasteiger partial charge in [0.1, 0.15) is 11.5 Å². The van der Waals surface area contributed by atoms with Crippen molar-refractivity contribution in [1.82, 2.24) is 9.80 Å². The van der Waals surface area contributed by atoms with Crippen LogP contribution >= 0.6 is 0 Å². The van der Waals surface area contributed by atoms with Gasteiger partial charge in [0.2, 0.25) is 0 Å². The van der Waals surface area contributed by atoms with Gasteiger partial charge in [0.05, 0.1) is 11.6 Å². The van der Waals surface area contributed by atoms with E-state index in [2.05, 4.69) is 0 Å². The van der Waals surface area contributed by atoms with Crippen LogP contribution in [-0.4, -0.2) is 53.8 Å². The SMILES string of the molecule is CN(C)CCCN1C(=O)C(O)=C(C(=O)C=Cc2ccccc2)C1c1cccc(Oc2ccccc2)c1. The van der Waals surface area contributed by atoms with Gasteiger partial charge in [0, 0.05) is 6.54 Å². The predicted octanol–water partition coefficient (Wildman–Crippen LogP) is 5.41. The second kappa shape index (κ2) is 11.5. The molecule has 184 valence electrons. The number of aliphatic hydroxyl groups excluding tert-OH is 1. The Kier molecular flexibility index (Phi) is 7.98. The second-order valence-corrected chi connectivity index (χ2v) is 8.92. The fourth-order valence-corrected chi connectivity index (χ4v) is 4.24. The minimum absolute atomic E-state index is 0.0777. The van der Waals surface area contributed by atoms with Crippen LogP contribution in [-0.2, 0) is 9.59 Å². The third-order valence-electron chi connectivity index (χ3n) is 5.95. The quantitative estimate of drug-likeness (QED) is 0.392. The molecule has 3 aromatic carbocycles. The van der Waals surface area contributed by atoms with E-state index in [-0.39, 0.29) is 5.57 Å². The lowest BCUT2D eigenvalue weighted by Gasteiger charge is -2.27. The Morgan fingerprint density at radius 1 is 0.972 bits per heavy atom. The van der Waals surface area contributed by atoms with Gasteiger partial charge in [-0.1, -0.05) is 66.7 Å². The lowest BCUT2D eigenvalue weighted by Crippen LogP contribution is -2.33. The first-order valence-corrected chi connectivity index (χ1v) is 11.9. The fourth-order valence-electron chi connectivity index (χ4n) is 4.24. The number of ether oxygens (including phenoxy) is 1. The zero-order valence-corrected chi connectivity index (χ0v) is 20.5. The summed E-state index contributed by atoms with van der Waals surface area (Å²) in [5.74, 6) is -0.177. The lowest BCUT2D eigenvalue weighted by atomic mass is 9.95. The zero-order chi connectivity index (χ0) is 25.5. The maximum atomic E-state index is 13.3. The van der Waals surface area contributed by atoms with Gasteiger partial charge in [-0.15, -0.1) is 0 Å². The molecule has 0 aliphatic carbocycles. The van der Waals surface area contributed by atoms with Gasteiger partial charge in [-0.2, -0.15) is 0 Å².